The summed E-state index contributed by atoms with van der Waals surface area (Å²) < 4.78 is 2.21. The summed E-state index contributed by atoms with van der Waals surface area (Å²) in [5.74, 6) is 0.0235. The molecule has 1 amide bonds. The fourth-order valence-electron chi connectivity index (χ4n) is 3.25. The zero-order valence-electron chi connectivity index (χ0n) is 13.6. The number of fused-ring (bicyclic) bond motifs is 1. The number of hydrogen-bond acceptors (Lipinski definition) is 4. The lowest BCUT2D eigenvalue weighted by atomic mass is 10.2. The van der Waals surface area contributed by atoms with Crippen LogP contribution in [0.2, 0.25) is 0 Å². The minimum absolute atomic E-state index is 0.0235. The maximum Gasteiger partial charge on any atom is 0.238 e. The smallest absolute Gasteiger partial charge is 0.238 e. The number of thiazole rings is 1. The Hall–Kier alpha value is -1.76. The Bertz CT molecular complexity index is 860. The van der Waals surface area contributed by atoms with E-state index in [-0.39, 0.29) is 11.9 Å². The van der Waals surface area contributed by atoms with Gasteiger partial charge in [-0.05, 0) is 55.8 Å². The minimum atomic E-state index is 0.0235. The van der Waals surface area contributed by atoms with Crippen LogP contribution < -0.4 is 5.32 Å². The van der Waals surface area contributed by atoms with Crippen molar-refractivity contribution in [3.05, 3.63) is 58.0 Å². The van der Waals surface area contributed by atoms with Gasteiger partial charge in [0.25, 0.3) is 0 Å². The number of rotatable bonds is 4. The van der Waals surface area contributed by atoms with Crippen molar-refractivity contribution >= 4 is 49.1 Å². The third kappa shape index (κ3) is 3.76. The van der Waals surface area contributed by atoms with E-state index >= 15 is 0 Å². The van der Waals surface area contributed by atoms with E-state index in [2.05, 4.69) is 38.3 Å². The van der Waals surface area contributed by atoms with Crippen LogP contribution in [0.3, 0.4) is 0 Å². The van der Waals surface area contributed by atoms with Gasteiger partial charge in [0.2, 0.25) is 5.91 Å². The molecule has 0 unspecified atom stereocenters. The fraction of sp³-hybridized carbons (Fsp3) is 0.263. The third-order valence-corrected chi connectivity index (χ3v) is 6.10. The minimum Gasteiger partial charge on any atom is -0.325 e. The van der Waals surface area contributed by atoms with Crippen molar-refractivity contribution in [2.24, 2.45) is 0 Å². The number of aromatic nitrogens is 1. The molecule has 1 aromatic heterocycles. The van der Waals surface area contributed by atoms with E-state index in [9.17, 15) is 4.79 Å². The van der Waals surface area contributed by atoms with Crippen molar-refractivity contribution in [3.8, 4) is 0 Å². The van der Waals surface area contributed by atoms with Crippen LogP contribution in [0.5, 0.6) is 0 Å². The van der Waals surface area contributed by atoms with Crippen LogP contribution in [0.25, 0.3) is 10.2 Å². The molecule has 0 aliphatic carbocycles. The quantitative estimate of drug-likeness (QED) is 0.663. The van der Waals surface area contributed by atoms with Gasteiger partial charge in [0.15, 0.2) is 0 Å². The van der Waals surface area contributed by atoms with Crippen LogP contribution in [0.4, 0.5) is 5.69 Å². The summed E-state index contributed by atoms with van der Waals surface area (Å²) in [4.78, 5) is 19.4. The molecular formula is C19H18BrN3OS. The van der Waals surface area contributed by atoms with Gasteiger partial charge < -0.3 is 5.32 Å². The van der Waals surface area contributed by atoms with Crippen molar-refractivity contribution in [3.63, 3.8) is 0 Å². The lowest BCUT2D eigenvalue weighted by Crippen LogP contribution is -2.32. The van der Waals surface area contributed by atoms with E-state index in [4.69, 9.17) is 4.98 Å². The molecule has 0 saturated carbocycles. The molecule has 6 heteroatoms. The Morgan fingerprint density at radius 1 is 1.24 bits per heavy atom. The van der Waals surface area contributed by atoms with Gasteiger partial charge in [-0.2, -0.15) is 0 Å². The molecule has 1 N–H and O–H groups in total. The summed E-state index contributed by atoms with van der Waals surface area (Å²) >= 11 is 5.15. The van der Waals surface area contributed by atoms with Crippen LogP contribution in [0.1, 0.15) is 23.9 Å². The molecule has 2 aromatic carbocycles. The molecule has 4 rings (SSSR count). The second kappa shape index (κ2) is 7.23. The summed E-state index contributed by atoms with van der Waals surface area (Å²) in [6.45, 7) is 1.34. The number of benzene rings is 2. The molecule has 0 radical (unpaired) electrons. The van der Waals surface area contributed by atoms with Crippen LogP contribution >= 0.6 is 27.3 Å². The maximum absolute atomic E-state index is 12.4. The highest BCUT2D eigenvalue weighted by Gasteiger charge is 2.30. The van der Waals surface area contributed by atoms with Crippen LogP contribution in [-0.4, -0.2) is 28.9 Å². The molecule has 2 heterocycles. The molecule has 25 heavy (non-hydrogen) atoms. The first-order valence-electron chi connectivity index (χ1n) is 8.34. The zero-order valence-corrected chi connectivity index (χ0v) is 16.0. The van der Waals surface area contributed by atoms with Gasteiger partial charge in [-0.3, -0.25) is 9.69 Å². The number of amides is 1. The van der Waals surface area contributed by atoms with Crippen molar-refractivity contribution < 1.29 is 4.79 Å². The maximum atomic E-state index is 12.4. The number of hydrogen-bond donors (Lipinski definition) is 1. The predicted molar refractivity (Wildman–Crippen MR) is 106 cm³/mol. The molecule has 128 valence electrons. The highest BCUT2D eigenvalue weighted by molar-refractivity contribution is 9.10. The second-order valence-electron chi connectivity index (χ2n) is 6.20. The predicted octanol–water partition coefficient (Wildman–Crippen LogP) is 4.83. The molecular weight excluding hydrogens is 398 g/mol. The van der Waals surface area contributed by atoms with Crippen molar-refractivity contribution in [1.82, 2.24) is 9.88 Å². The number of likely N-dealkylation sites (tertiary alicyclic amines) is 1. The van der Waals surface area contributed by atoms with Gasteiger partial charge in [-0.1, -0.05) is 28.1 Å². The highest BCUT2D eigenvalue weighted by atomic mass is 79.9. The Morgan fingerprint density at radius 3 is 2.84 bits per heavy atom. The largest absolute Gasteiger partial charge is 0.325 e. The van der Waals surface area contributed by atoms with Gasteiger partial charge in [-0.25, -0.2) is 4.98 Å². The zero-order chi connectivity index (χ0) is 17.2. The number of carbonyl (C=O) groups excluding carboxylic acids is 1. The average Bonchev–Trinajstić information content (AvgIpc) is 3.22. The first-order valence-corrected chi connectivity index (χ1v) is 9.95. The Balaban J connectivity index is 1.45. The molecule has 1 saturated heterocycles. The molecule has 1 aliphatic heterocycles. The number of carbonyl (C=O) groups is 1. The lowest BCUT2D eigenvalue weighted by molar-refractivity contribution is -0.117. The molecule has 0 spiro atoms. The molecule has 0 bridgehead atoms. The number of anilines is 1. The van der Waals surface area contributed by atoms with Crippen molar-refractivity contribution in [2.45, 2.75) is 18.9 Å². The molecule has 1 aliphatic rings. The van der Waals surface area contributed by atoms with Crippen LogP contribution in [-0.2, 0) is 4.79 Å². The summed E-state index contributed by atoms with van der Waals surface area (Å²) in [7, 11) is 0. The number of halogens is 1. The van der Waals surface area contributed by atoms with Crippen LogP contribution in [0.15, 0.2) is 53.0 Å². The Labute approximate surface area is 159 Å². The van der Waals surface area contributed by atoms with E-state index in [1.54, 1.807) is 11.3 Å². The standard InChI is InChI=1S/C19H18BrN3OS/c20-13-7-9-14(10-8-13)21-18(24)12-23-11-3-5-16(23)19-22-15-4-1-2-6-17(15)25-19/h1-2,4,6-10,16H,3,5,11-12H2,(H,21,24)/t16-/m1/s1. The Kier molecular flexibility index (Phi) is 4.83. The van der Waals surface area contributed by atoms with E-state index in [0.717, 1.165) is 40.1 Å². The molecule has 4 nitrogen and oxygen atoms in total. The summed E-state index contributed by atoms with van der Waals surface area (Å²) in [5, 5.41) is 4.10. The molecule has 3 aromatic rings. The topological polar surface area (TPSA) is 45.2 Å². The van der Waals surface area contributed by atoms with E-state index in [0.29, 0.717) is 6.54 Å². The molecule has 1 fully saturated rings. The first kappa shape index (κ1) is 16.7. The van der Waals surface area contributed by atoms with Gasteiger partial charge in [0.05, 0.1) is 22.8 Å². The summed E-state index contributed by atoms with van der Waals surface area (Å²) in [6.07, 6.45) is 2.16. The summed E-state index contributed by atoms with van der Waals surface area (Å²) in [6, 6.07) is 16.1. The van der Waals surface area contributed by atoms with Gasteiger partial charge in [0.1, 0.15) is 5.01 Å². The number of nitrogens with one attached hydrogen (secondary N) is 1. The van der Waals surface area contributed by atoms with E-state index in [1.165, 1.54) is 4.70 Å². The van der Waals surface area contributed by atoms with Crippen molar-refractivity contribution in [1.29, 1.82) is 0 Å². The highest BCUT2D eigenvalue weighted by Crippen LogP contribution is 2.36. The van der Waals surface area contributed by atoms with Gasteiger partial charge in [0, 0.05) is 10.2 Å². The Morgan fingerprint density at radius 2 is 2.04 bits per heavy atom. The van der Waals surface area contributed by atoms with E-state index in [1.807, 2.05) is 36.4 Å². The normalized spacial score (nSPS) is 17.9. The fourth-order valence-corrected chi connectivity index (χ4v) is 4.65. The SMILES string of the molecule is O=C(CN1CCC[C@@H]1c1nc2ccccc2s1)Nc1ccc(Br)cc1. The van der Waals surface area contributed by atoms with Gasteiger partial charge in [-0.15, -0.1) is 11.3 Å². The van der Waals surface area contributed by atoms with E-state index < -0.39 is 0 Å². The van der Waals surface area contributed by atoms with Crippen molar-refractivity contribution in [2.75, 3.05) is 18.4 Å². The van der Waals surface area contributed by atoms with Crippen LogP contribution in [0, 0.1) is 0 Å². The first-order chi connectivity index (χ1) is 12.2. The molecule has 1 atom stereocenters. The average molecular weight is 416 g/mol. The lowest BCUT2D eigenvalue weighted by Gasteiger charge is -2.22. The monoisotopic (exact) mass is 415 g/mol. The third-order valence-electron chi connectivity index (χ3n) is 4.43. The van der Waals surface area contributed by atoms with Gasteiger partial charge >= 0.3 is 0 Å². The summed E-state index contributed by atoms with van der Waals surface area (Å²) in [5.41, 5.74) is 1.87. The number of para-hydroxylation sites is 1. The second-order valence-corrected chi connectivity index (χ2v) is 8.18. The number of nitrogens with zero attached hydrogens (tertiary/aromatic N) is 2.